The van der Waals surface area contributed by atoms with Crippen LogP contribution >= 0.6 is 11.8 Å². The lowest BCUT2D eigenvalue weighted by Crippen LogP contribution is -2.50. The predicted octanol–water partition coefficient (Wildman–Crippen LogP) is 3.10. The lowest BCUT2D eigenvalue weighted by Gasteiger charge is -2.46. The van der Waals surface area contributed by atoms with Gasteiger partial charge in [0.2, 0.25) is 0 Å². The molecule has 1 aliphatic carbocycles. The molecule has 7 heteroatoms. The molecule has 0 saturated heterocycles. The second-order valence-corrected chi connectivity index (χ2v) is 8.57. The molecule has 0 bridgehead atoms. The molecule has 2 atom stereocenters. The SMILES string of the molecule is CSc1ccc(C2C3CN(C(C)C)CC=C3C(C(=O)O)=C(N)C2(C#N)C#N)cc1. The average Bonchev–Trinajstić information content (AvgIpc) is 2.72. The standard InChI is InChI=1S/C22H24N4O2S/c1-13(2)26-9-8-16-17(10-26)19(14-4-6-15(29-3)7-5-14)22(11-23,12-24)20(25)18(16)21(27)28/h4-8,13,17,19H,9-10,25H2,1-3H3,(H,27,28). The number of allylic oxidation sites excluding steroid dienone is 1. The first kappa shape index (κ1) is 21.0. The van der Waals surface area contributed by atoms with Gasteiger partial charge < -0.3 is 10.8 Å². The number of carbonyl (C=O) groups is 1. The summed E-state index contributed by atoms with van der Waals surface area (Å²) in [6.45, 7) is 5.33. The van der Waals surface area contributed by atoms with Gasteiger partial charge in [0.1, 0.15) is 0 Å². The quantitative estimate of drug-likeness (QED) is 0.736. The van der Waals surface area contributed by atoms with Crippen molar-refractivity contribution in [3.63, 3.8) is 0 Å². The molecule has 2 aliphatic rings. The van der Waals surface area contributed by atoms with Crippen LogP contribution in [0, 0.1) is 34.0 Å². The molecule has 150 valence electrons. The summed E-state index contributed by atoms with van der Waals surface area (Å²) in [5.74, 6) is -2.06. The first-order valence-corrected chi connectivity index (χ1v) is 10.7. The van der Waals surface area contributed by atoms with Crippen LogP contribution in [0.3, 0.4) is 0 Å². The number of aliphatic carboxylic acids is 1. The van der Waals surface area contributed by atoms with Gasteiger partial charge in [-0.05, 0) is 43.4 Å². The number of hydrogen-bond acceptors (Lipinski definition) is 6. The Morgan fingerprint density at radius 3 is 2.41 bits per heavy atom. The third kappa shape index (κ3) is 3.31. The van der Waals surface area contributed by atoms with Crippen molar-refractivity contribution in [2.24, 2.45) is 17.1 Å². The van der Waals surface area contributed by atoms with Crippen molar-refractivity contribution >= 4 is 17.7 Å². The van der Waals surface area contributed by atoms with Crippen molar-refractivity contribution in [1.82, 2.24) is 4.90 Å². The summed E-state index contributed by atoms with van der Waals surface area (Å²) in [5, 5.41) is 30.0. The van der Waals surface area contributed by atoms with Gasteiger partial charge in [0.05, 0.1) is 23.4 Å². The molecular formula is C22H24N4O2S. The number of hydrogen-bond donors (Lipinski definition) is 2. The molecule has 1 aromatic carbocycles. The summed E-state index contributed by atoms with van der Waals surface area (Å²) in [7, 11) is 0. The number of nitrogens with zero attached hydrogens (tertiary/aromatic N) is 3. The van der Waals surface area contributed by atoms with E-state index in [0.717, 1.165) is 10.5 Å². The molecule has 1 heterocycles. The molecule has 3 rings (SSSR count). The zero-order valence-corrected chi connectivity index (χ0v) is 17.5. The van der Waals surface area contributed by atoms with Gasteiger partial charge in [-0.1, -0.05) is 18.2 Å². The van der Waals surface area contributed by atoms with Gasteiger partial charge in [-0.15, -0.1) is 11.8 Å². The number of nitriles is 2. The maximum Gasteiger partial charge on any atom is 0.337 e. The lowest BCUT2D eigenvalue weighted by molar-refractivity contribution is -0.132. The molecule has 3 N–H and O–H groups in total. The second-order valence-electron chi connectivity index (χ2n) is 7.69. The summed E-state index contributed by atoms with van der Waals surface area (Å²) in [5.41, 5.74) is 5.73. The molecule has 6 nitrogen and oxygen atoms in total. The Hall–Kier alpha value is -2.74. The summed E-state index contributed by atoms with van der Waals surface area (Å²) in [6.07, 6.45) is 3.87. The van der Waals surface area contributed by atoms with Crippen molar-refractivity contribution in [3.8, 4) is 12.1 Å². The number of nitrogens with two attached hydrogens (primary N) is 1. The van der Waals surface area contributed by atoms with E-state index in [2.05, 4.69) is 30.9 Å². The van der Waals surface area contributed by atoms with Gasteiger partial charge in [-0.25, -0.2) is 4.79 Å². The van der Waals surface area contributed by atoms with Gasteiger partial charge >= 0.3 is 5.97 Å². The monoisotopic (exact) mass is 408 g/mol. The highest BCUT2D eigenvalue weighted by Crippen LogP contribution is 2.54. The molecule has 1 aliphatic heterocycles. The average molecular weight is 409 g/mol. The van der Waals surface area contributed by atoms with E-state index in [0.29, 0.717) is 18.7 Å². The summed E-state index contributed by atoms with van der Waals surface area (Å²) < 4.78 is 0. The number of fused-ring (bicyclic) bond motifs is 1. The summed E-state index contributed by atoms with van der Waals surface area (Å²) in [6, 6.07) is 12.2. The normalized spacial score (nSPS) is 23.7. The van der Waals surface area contributed by atoms with Crippen LogP contribution in [0.2, 0.25) is 0 Å². The second kappa shape index (κ2) is 7.94. The summed E-state index contributed by atoms with van der Waals surface area (Å²) in [4.78, 5) is 15.4. The molecule has 0 aromatic heterocycles. The minimum Gasteiger partial charge on any atom is -0.478 e. The molecule has 2 unspecified atom stereocenters. The van der Waals surface area contributed by atoms with Crippen molar-refractivity contribution in [1.29, 1.82) is 10.5 Å². The van der Waals surface area contributed by atoms with E-state index >= 15 is 0 Å². The number of carboxylic acids is 1. The largest absolute Gasteiger partial charge is 0.478 e. The van der Waals surface area contributed by atoms with Crippen molar-refractivity contribution in [3.05, 3.63) is 52.7 Å². The van der Waals surface area contributed by atoms with Crippen LogP contribution in [-0.4, -0.2) is 41.4 Å². The van der Waals surface area contributed by atoms with Gasteiger partial charge in [0.25, 0.3) is 0 Å². The fraction of sp³-hybridized carbons (Fsp3) is 0.409. The fourth-order valence-electron chi connectivity index (χ4n) is 4.43. The van der Waals surface area contributed by atoms with Crippen LogP contribution in [0.4, 0.5) is 0 Å². The van der Waals surface area contributed by atoms with E-state index in [1.807, 2.05) is 36.6 Å². The number of carboxylic acid groups (broad SMARTS) is 1. The Morgan fingerprint density at radius 2 is 1.93 bits per heavy atom. The minimum absolute atomic E-state index is 0.0847. The van der Waals surface area contributed by atoms with Crippen LogP contribution in [-0.2, 0) is 4.79 Å². The van der Waals surface area contributed by atoms with Crippen molar-refractivity contribution in [2.75, 3.05) is 19.3 Å². The Labute approximate surface area is 175 Å². The van der Waals surface area contributed by atoms with Crippen molar-refractivity contribution in [2.45, 2.75) is 30.7 Å². The first-order valence-electron chi connectivity index (χ1n) is 9.45. The Bertz CT molecular complexity index is 952. The van der Waals surface area contributed by atoms with Crippen LogP contribution in [0.1, 0.15) is 25.3 Å². The summed E-state index contributed by atoms with van der Waals surface area (Å²) >= 11 is 1.61. The molecule has 29 heavy (non-hydrogen) atoms. The number of rotatable bonds is 4. The van der Waals surface area contributed by atoms with Gasteiger partial charge in [-0.3, -0.25) is 4.90 Å². The zero-order chi connectivity index (χ0) is 21.3. The number of benzene rings is 1. The van der Waals surface area contributed by atoms with Gasteiger partial charge in [0, 0.05) is 35.9 Å². The highest BCUT2D eigenvalue weighted by molar-refractivity contribution is 7.98. The van der Waals surface area contributed by atoms with E-state index in [1.165, 1.54) is 0 Å². The van der Waals surface area contributed by atoms with Gasteiger partial charge in [0.15, 0.2) is 5.41 Å². The molecular weight excluding hydrogens is 384 g/mol. The van der Waals surface area contributed by atoms with Crippen LogP contribution in [0.5, 0.6) is 0 Å². The molecule has 0 saturated carbocycles. The Balaban J connectivity index is 2.29. The highest BCUT2D eigenvalue weighted by atomic mass is 32.2. The molecule has 0 radical (unpaired) electrons. The van der Waals surface area contributed by atoms with E-state index < -0.39 is 17.3 Å². The fourth-order valence-corrected chi connectivity index (χ4v) is 4.83. The van der Waals surface area contributed by atoms with Crippen LogP contribution < -0.4 is 5.73 Å². The zero-order valence-electron chi connectivity index (χ0n) is 16.7. The minimum atomic E-state index is -1.74. The third-order valence-electron chi connectivity index (χ3n) is 6.00. The lowest BCUT2D eigenvalue weighted by atomic mass is 9.58. The van der Waals surface area contributed by atoms with Crippen LogP contribution in [0.25, 0.3) is 0 Å². The van der Waals surface area contributed by atoms with E-state index in [1.54, 1.807) is 11.8 Å². The maximum absolute atomic E-state index is 12.1. The first-order chi connectivity index (χ1) is 13.8. The van der Waals surface area contributed by atoms with Crippen LogP contribution in [0.15, 0.2) is 52.1 Å². The van der Waals surface area contributed by atoms with Crippen molar-refractivity contribution < 1.29 is 9.90 Å². The van der Waals surface area contributed by atoms with E-state index in [4.69, 9.17) is 5.73 Å². The third-order valence-corrected chi connectivity index (χ3v) is 6.74. The van der Waals surface area contributed by atoms with E-state index in [-0.39, 0.29) is 23.2 Å². The molecule has 0 amide bonds. The molecule has 1 aromatic rings. The highest BCUT2D eigenvalue weighted by Gasteiger charge is 2.55. The Kier molecular flexibility index (Phi) is 5.75. The number of thioether (sulfide) groups is 1. The smallest absolute Gasteiger partial charge is 0.337 e. The molecule has 0 fully saturated rings. The maximum atomic E-state index is 12.1. The Morgan fingerprint density at radius 1 is 1.31 bits per heavy atom. The topological polar surface area (TPSA) is 114 Å². The molecule has 0 spiro atoms. The van der Waals surface area contributed by atoms with E-state index in [9.17, 15) is 20.4 Å². The predicted molar refractivity (Wildman–Crippen MR) is 112 cm³/mol. The van der Waals surface area contributed by atoms with Gasteiger partial charge in [-0.2, -0.15) is 10.5 Å².